The molecule has 1 heteroatoms. The molecule has 0 saturated carbocycles. The molecule has 1 heterocycles. The fourth-order valence-electron chi connectivity index (χ4n) is 2.19. The fraction of sp³-hybridized carbons (Fsp3) is 1.00. The predicted molar refractivity (Wildman–Crippen MR) is 52.2 cm³/mol. The van der Waals surface area contributed by atoms with Crippen LogP contribution in [0.2, 0.25) is 0 Å². The van der Waals surface area contributed by atoms with Gasteiger partial charge in [0.1, 0.15) is 0 Å². The summed E-state index contributed by atoms with van der Waals surface area (Å²) in [4.78, 5) is 0. The maximum absolute atomic E-state index is 5.72. The van der Waals surface area contributed by atoms with Gasteiger partial charge in [-0.05, 0) is 38.0 Å². The third kappa shape index (κ3) is 2.78. The number of ether oxygens (including phenoxy) is 1. The lowest BCUT2D eigenvalue weighted by Gasteiger charge is -2.24. The Morgan fingerprint density at radius 1 is 1.25 bits per heavy atom. The zero-order valence-corrected chi connectivity index (χ0v) is 9.05. The van der Waals surface area contributed by atoms with E-state index < -0.39 is 0 Å². The molecule has 0 aliphatic carbocycles. The average Bonchev–Trinajstić information content (AvgIpc) is 2.06. The van der Waals surface area contributed by atoms with Crippen LogP contribution in [0.25, 0.3) is 0 Å². The van der Waals surface area contributed by atoms with Crippen molar-refractivity contribution in [1.29, 1.82) is 0 Å². The maximum atomic E-state index is 5.72. The molecule has 72 valence electrons. The summed E-state index contributed by atoms with van der Waals surface area (Å²) in [5.74, 6) is 0.778. The van der Waals surface area contributed by atoms with Gasteiger partial charge < -0.3 is 4.74 Å². The van der Waals surface area contributed by atoms with E-state index in [1.54, 1.807) is 0 Å². The van der Waals surface area contributed by atoms with E-state index in [2.05, 4.69) is 34.6 Å². The summed E-state index contributed by atoms with van der Waals surface area (Å²) in [5.41, 5.74) is 0.451. The average molecular weight is 170 g/mol. The van der Waals surface area contributed by atoms with Crippen LogP contribution in [0.1, 0.15) is 47.5 Å². The quantitative estimate of drug-likeness (QED) is 0.587. The summed E-state index contributed by atoms with van der Waals surface area (Å²) < 4.78 is 5.72. The predicted octanol–water partition coefficient (Wildman–Crippen LogP) is 3.24. The first-order chi connectivity index (χ1) is 5.38. The lowest BCUT2D eigenvalue weighted by Crippen LogP contribution is -2.18. The third-order valence-corrected chi connectivity index (χ3v) is 2.62. The molecule has 0 radical (unpaired) electrons. The molecule has 0 bridgehead atoms. The zero-order chi connectivity index (χ0) is 9.35. The molecule has 0 spiro atoms. The minimum atomic E-state index is 0.451. The van der Waals surface area contributed by atoms with Crippen molar-refractivity contribution in [3.05, 3.63) is 0 Å². The molecule has 1 nitrogen and oxygen atoms in total. The van der Waals surface area contributed by atoms with Gasteiger partial charge in [0, 0.05) is 0 Å². The molecular formula is C11H22O. The van der Waals surface area contributed by atoms with Crippen molar-refractivity contribution >= 4 is 0 Å². The van der Waals surface area contributed by atoms with Crippen molar-refractivity contribution in [2.75, 3.05) is 0 Å². The molecule has 12 heavy (non-hydrogen) atoms. The number of hydrogen-bond acceptors (Lipinski definition) is 1. The molecule has 0 aromatic heterocycles. The Labute approximate surface area is 76.5 Å². The van der Waals surface area contributed by atoms with Crippen molar-refractivity contribution < 1.29 is 4.74 Å². The van der Waals surface area contributed by atoms with E-state index in [0.717, 1.165) is 5.92 Å². The molecule has 1 aliphatic rings. The van der Waals surface area contributed by atoms with Crippen LogP contribution in [-0.4, -0.2) is 12.2 Å². The monoisotopic (exact) mass is 170 g/mol. The van der Waals surface area contributed by atoms with Crippen LogP contribution >= 0.6 is 0 Å². The van der Waals surface area contributed by atoms with Crippen molar-refractivity contribution in [3.8, 4) is 0 Å². The highest BCUT2D eigenvalue weighted by Gasteiger charge is 2.32. The van der Waals surface area contributed by atoms with E-state index in [-0.39, 0.29) is 0 Å². The summed E-state index contributed by atoms with van der Waals surface area (Å²) >= 11 is 0. The molecule has 3 atom stereocenters. The summed E-state index contributed by atoms with van der Waals surface area (Å²) in [5, 5.41) is 0. The second-order valence-corrected chi connectivity index (χ2v) is 5.41. The van der Waals surface area contributed by atoms with Gasteiger partial charge in [0.15, 0.2) is 0 Å². The van der Waals surface area contributed by atoms with Crippen LogP contribution in [0.5, 0.6) is 0 Å². The topological polar surface area (TPSA) is 9.23 Å². The van der Waals surface area contributed by atoms with Gasteiger partial charge >= 0.3 is 0 Å². The lowest BCUT2D eigenvalue weighted by molar-refractivity contribution is 0.0504. The van der Waals surface area contributed by atoms with Gasteiger partial charge in [0.25, 0.3) is 0 Å². The van der Waals surface area contributed by atoms with Gasteiger partial charge in [-0.1, -0.05) is 20.8 Å². The summed E-state index contributed by atoms with van der Waals surface area (Å²) in [6, 6.07) is 0. The highest BCUT2D eigenvalue weighted by atomic mass is 16.5. The van der Waals surface area contributed by atoms with E-state index >= 15 is 0 Å². The van der Waals surface area contributed by atoms with Crippen molar-refractivity contribution in [1.82, 2.24) is 0 Å². The molecule has 0 aromatic carbocycles. The van der Waals surface area contributed by atoms with Gasteiger partial charge in [0.2, 0.25) is 0 Å². The Morgan fingerprint density at radius 2 is 1.83 bits per heavy atom. The first-order valence-corrected chi connectivity index (χ1v) is 5.04. The zero-order valence-electron chi connectivity index (χ0n) is 9.05. The van der Waals surface area contributed by atoms with Gasteiger partial charge in [-0.2, -0.15) is 0 Å². The largest absolute Gasteiger partial charge is 0.375 e. The Kier molecular flexibility index (Phi) is 2.82. The molecule has 0 aromatic rings. The Bertz CT molecular complexity index is 146. The van der Waals surface area contributed by atoms with Crippen LogP contribution in [0.3, 0.4) is 0 Å². The van der Waals surface area contributed by atoms with E-state index in [0.29, 0.717) is 17.6 Å². The first kappa shape index (κ1) is 10.0. The number of hydrogen-bond donors (Lipinski definition) is 0. The molecule has 1 rings (SSSR count). The fourth-order valence-corrected chi connectivity index (χ4v) is 2.19. The normalized spacial score (nSPS) is 37.2. The van der Waals surface area contributed by atoms with Crippen molar-refractivity contribution in [3.63, 3.8) is 0 Å². The second kappa shape index (κ2) is 3.37. The second-order valence-electron chi connectivity index (χ2n) is 5.41. The van der Waals surface area contributed by atoms with Crippen LogP contribution < -0.4 is 0 Å². The van der Waals surface area contributed by atoms with Gasteiger partial charge in [0.05, 0.1) is 12.2 Å². The molecule has 0 N–H and O–H groups in total. The minimum absolute atomic E-state index is 0.451. The van der Waals surface area contributed by atoms with Gasteiger partial charge in [-0.3, -0.25) is 0 Å². The maximum Gasteiger partial charge on any atom is 0.0579 e. The lowest BCUT2D eigenvalue weighted by atomic mass is 9.81. The molecule has 0 amide bonds. The molecule has 1 aliphatic heterocycles. The Morgan fingerprint density at radius 3 is 2.17 bits per heavy atom. The van der Waals surface area contributed by atoms with E-state index in [4.69, 9.17) is 4.74 Å². The highest BCUT2D eigenvalue weighted by molar-refractivity contribution is 4.81. The van der Waals surface area contributed by atoms with E-state index in [9.17, 15) is 0 Å². The van der Waals surface area contributed by atoms with Crippen molar-refractivity contribution in [2.24, 2.45) is 11.3 Å². The van der Waals surface area contributed by atoms with Crippen LogP contribution in [0.15, 0.2) is 0 Å². The van der Waals surface area contributed by atoms with Gasteiger partial charge in [-0.25, -0.2) is 0 Å². The van der Waals surface area contributed by atoms with Crippen LogP contribution in [0, 0.1) is 11.3 Å². The first-order valence-electron chi connectivity index (χ1n) is 5.04. The molecule has 3 unspecified atom stereocenters. The minimum Gasteiger partial charge on any atom is -0.375 e. The Hall–Kier alpha value is -0.0400. The summed E-state index contributed by atoms with van der Waals surface area (Å²) in [6.07, 6.45) is 3.49. The number of rotatable bonds is 1. The molecule has 1 fully saturated rings. The molecule has 1 saturated heterocycles. The summed E-state index contributed by atoms with van der Waals surface area (Å²) in [6.45, 7) is 11.3. The van der Waals surface area contributed by atoms with Crippen LogP contribution in [-0.2, 0) is 4.74 Å². The van der Waals surface area contributed by atoms with E-state index in [1.165, 1.54) is 12.8 Å². The highest BCUT2D eigenvalue weighted by Crippen LogP contribution is 2.35. The molecular weight excluding hydrogens is 148 g/mol. The summed E-state index contributed by atoms with van der Waals surface area (Å²) in [7, 11) is 0. The van der Waals surface area contributed by atoms with Crippen LogP contribution in [0.4, 0.5) is 0 Å². The smallest absolute Gasteiger partial charge is 0.0579 e. The Balaban J connectivity index is 2.43. The third-order valence-electron chi connectivity index (χ3n) is 2.62. The van der Waals surface area contributed by atoms with E-state index in [1.807, 2.05) is 0 Å². The SMILES string of the molecule is CC1CC(CC(C)(C)C)C(C)O1. The standard InChI is InChI=1S/C11H22O/c1-8-6-10(9(2)12-8)7-11(3,4)5/h8-10H,6-7H2,1-5H3. The van der Waals surface area contributed by atoms with Crippen molar-refractivity contribution in [2.45, 2.75) is 59.7 Å². The van der Waals surface area contributed by atoms with Gasteiger partial charge in [-0.15, -0.1) is 0 Å².